The van der Waals surface area contributed by atoms with E-state index in [0.717, 1.165) is 12.5 Å². The SMILES string of the molecule is C=CC(=O)O.CCCOC(O)COCCOCCOCCO. The first-order valence-corrected chi connectivity index (χ1v) is 7.07. The van der Waals surface area contributed by atoms with Crippen molar-refractivity contribution < 1.29 is 39.1 Å². The molecule has 1 unspecified atom stereocenters. The highest BCUT2D eigenvalue weighted by Gasteiger charge is 2.02. The third-order valence-corrected chi connectivity index (χ3v) is 1.93. The molecule has 0 aliphatic carbocycles. The molecule has 0 saturated heterocycles. The topological polar surface area (TPSA) is 115 Å². The fourth-order valence-electron chi connectivity index (χ4n) is 0.991. The van der Waals surface area contributed by atoms with Gasteiger partial charge in [0, 0.05) is 12.7 Å². The third-order valence-electron chi connectivity index (χ3n) is 1.93. The van der Waals surface area contributed by atoms with Crippen LogP contribution in [0.3, 0.4) is 0 Å². The van der Waals surface area contributed by atoms with Gasteiger partial charge in [0.15, 0.2) is 6.29 Å². The number of carboxylic acids is 1. The predicted molar refractivity (Wildman–Crippen MR) is 79.6 cm³/mol. The van der Waals surface area contributed by atoms with Crippen LogP contribution in [0.5, 0.6) is 0 Å². The molecule has 0 spiro atoms. The van der Waals surface area contributed by atoms with Crippen molar-refractivity contribution in [3.63, 3.8) is 0 Å². The van der Waals surface area contributed by atoms with Crippen LogP contribution in [0.2, 0.25) is 0 Å². The number of hydrogen-bond acceptors (Lipinski definition) is 7. The summed E-state index contributed by atoms with van der Waals surface area (Å²) in [6, 6.07) is 0. The first-order valence-electron chi connectivity index (χ1n) is 7.07. The van der Waals surface area contributed by atoms with E-state index in [4.69, 9.17) is 29.2 Å². The lowest BCUT2D eigenvalue weighted by Gasteiger charge is -2.11. The minimum absolute atomic E-state index is 0.0265. The van der Waals surface area contributed by atoms with Gasteiger partial charge in [-0.25, -0.2) is 4.79 Å². The van der Waals surface area contributed by atoms with Gasteiger partial charge in [-0.3, -0.25) is 0 Å². The highest BCUT2D eigenvalue weighted by molar-refractivity contribution is 5.78. The summed E-state index contributed by atoms with van der Waals surface area (Å²) >= 11 is 0. The maximum Gasteiger partial charge on any atom is 0.327 e. The van der Waals surface area contributed by atoms with Gasteiger partial charge in [-0.15, -0.1) is 0 Å². The lowest BCUT2D eigenvalue weighted by atomic mass is 10.5. The molecule has 3 N–H and O–H groups in total. The molecule has 132 valence electrons. The molecule has 0 radical (unpaired) electrons. The summed E-state index contributed by atoms with van der Waals surface area (Å²) in [6.45, 7) is 7.77. The van der Waals surface area contributed by atoms with Crippen molar-refractivity contribution in [2.75, 3.05) is 52.9 Å². The van der Waals surface area contributed by atoms with Crippen LogP contribution in [-0.4, -0.2) is 80.4 Å². The molecule has 0 rings (SSSR count). The van der Waals surface area contributed by atoms with Crippen LogP contribution >= 0.6 is 0 Å². The Kier molecular flexibility index (Phi) is 21.1. The Balaban J connectivity index is 0. The molecule has 0 amide bonds. The number of carbonyl (C=O) groups is 1. The molecule has 0 aromatic rings. The van der Waals surface area contributed by atoms with E-state index in [1.807, 2.05) is 6.92 Å². The lowest BCUT2D eigenvalue weighted by molar-refractivity contribution is -0.141. The summed E-state index contributed by atoms with van der Waals surface area (Å²) in [7, 11) is 0. The van der Waals surface area contributed by atoms with Gasteiger partial charge in [0.25, 0.3) is 0 Å². The monoisotopic (exact) mass is 324 g/mol. The molecular formula is C14H28O8. The number of aliphatic hydroxyl groups is 2. The number of ether oxygens (including phenoxy) is 4. The van der Waals surface area contributed by atoms with Gasteiger partial charge in [0.2, 0.25) is 0 Å². The number of carboxylic acid groups (broad SMARTS) is 1. The molecule has 22 heavy (non-hydrogen) atoms. The second kappa shape index (κ2) is 20.0. The summed E-state index contributed by atoms with van der Waals surface area (Å²) in [4.78, 5) is 9.25. The van der Waals surface area contributed by atoms with Crippen LogP contribution in [0.25, 0.3) is 0 Å². The molecule has 0 aliphatic heterocycles. The van der Waals surface area contributed by atoms with E-state index >= 15 is 0 Å². The smallest absolute Gasteiger partial charge is 0.327 e. The Morgan fingerprint density at radius 2 is 1.59 bits per heavy atom. The second-order valence-electron chi connectivity index (χ2n) is 3.89. The maximum absolute atomic E-state index is 9.25. The highest BCUT2D eigenvalue weighted by atomic mass is 16.6. The Hall–Kier alpha value is -1.03. The van der Waals surface area contributed by atoms with E-state index < -0.39 is 12.3 Å². The summed E-state index contributed by atoms with van der Waals surface area (Å²) in [5.74, 6) is -0.981. The summed E-state index contributed by atoms with van der Waals surface area (Å²) in [5.41, 5.74) is 0. The molecule has 0 aromatic carbocycles. The minimum atomic E-state index is -0.981. The zero-order chi connectivity index (χ0) is 17.1. The molecule has 0 saturated carbocycles. The van der Waals surface area contributed by atoms with E-state index in [1.54, 1.807) is 0 Å². The largest absolute Gasteiger partial charge is 0.478 e. The van der Waals surface area contributed by atoms with Crippen LogP contribution in [0.4, 0.5) is 0 Å². The van der Waals surface area contributed by atoms with Crippen molar-refractivity contribution in [3.8, 4) is 0 Å². The Morgan fingerprint density at radius 3 is 2.05 bits per heavy atom. The van der Waals surface area contributed by atoms with E-state index in [1.165, 1.54) is 0 Å². The average molecular weight is 324 g/mol. The van der Waals surface area contributed by atoms with E-state index in [2.05, 4.69) is 6.58 Å². The molecule has 0 bridgehead atoms. The zero-order valence-electron chi connectivity index (χ0n) is 13.1. The van der Waals surface area contributed by atoms with Crippen molar-refractivity contribution in [1.29, 1.82) is 0 Å². The molecule has 8 nitrogen and oxygen atoms in total. The summed E-state index contributed by atoms with van der Waals surface area (Å²) in [6.07, 6.45) is 0.844. The van der Waals surface area contributed by atoms with Crippen molar-refractivity contribution in [3.05, 3.63) is 12.7 Å². The first-order chi connectivity index (χ1) is 10.6. The van der Waals surface area contributed by atoms with Crippen LogP contribution < -0.4 is 0 Å². The molecule has 0 heterocycles. The standard InChI is InChI=1S/C11H24O6.C3H4O2/c1-2-4-17-11(13)10-16-9-8-15-7-6-14-5-3-12;1-2-3(4)5/h11-13H,2-10H2,1H3;2H,1H2,(H,4,5). The van der Waals surface area contributed by atoms with Gasteiger partial charge in [-0.1, -0.05) is 13.5 Å². The Labute approximate surface area is 131 Å². The number of hydrogen-bond donors (Lipinski definition) is 3. The van der Waals surface area contributed by atoms with Gasteiger partial charge in [0.05, 0.1) is 46.2 Å². The lowest BCUT2D eigenvalue weighted by Crippen LogP contribution is -2.21. The third kappa shape index (κ3) is 24.0. The molecule has 1 atom stereocenters. The quantitative estimate of drug-likeness (QED) is 0.233. The first kappa shape index (κ1) is 23.2. The van der Waals surface area contributed by atoms with Crippen molar-refractivity contribution >= 4 is 5.97 Å². The number of aliphatic hydroxyl groups excluding tert-OH is 2. The van der Waals surface area contributed by atoms with Crippen LogP contribution in [0.15, 0.2) is 12.7 Å². The highest BCUT2D eigenvalue weighted by Crippen LogP contribution is 1.91. The Morgan fingerprint density at radius 1 is 1.09 bits per heavy atom. The van der Waals surface area contributed by atoms with Crippen LogP contribution in [0, 0.1) is 0 Å². The fraction of sp³-hybridized carbons (Fsp3) is 0.786. The van der Waals surface area contributed by atoms with Crippen LogP contribution in [-0.2, 0) is 23.7 Å². The molecule has 0 fully saturated rings. The summed E-state index contributed by atoms with van der Waals surface area (Å²) < 4.78 is 20.3. The fourth-order valence-corrected chi connectivity index (χ4v) is 0.991. The molecule has 0 aromatic heterocycles. The van der Waals surface area contributed by atoms with Crippen molar-refractivity contribution in [2.45, 2.75) is 19.6 Å². The molecule has 0 aliphatic rings. The normalized spacial score (nSPS) is 11.4. The van der Waals surface area contributed by atoms with Crippen molar-refractivity contribution in [2.24, 2.45) is 0 Å². The minimum Gasteiger partial charge on any atom is -0.478 e. The van der Waals surface area contributed by atoms with Gasteiger partial charge in [-0.2, -0.15) is 0 Å². The van der Waals surface area contributed by atoms with E-state index in [9.17, 15) is 9.90 Å². The average Bonchev–Trinajstić information content (AvgIpc) is 2.51. The predicted octanol–water partition coefficient (Wildman–Crippen LogP) is 0.0305. The van der Waals surface area contributed by atoms with Gasteiger partial charge < -0.3 is 34.3 Å². The molecule has 8 heteroatoms. The van der Waals surface area contributed by atoms with Gasteiger partial charge >= 0.3 is 5.97 Å². The summed E-state index contributed by atoms with van der Waals surface area (Å²) in [5, 5.41) is 25.3. The van der Waals surface area contributed by atoms with Crippen LogP contribution in [0.1, 0.15) is 13.3 Å². The zero-order valence-corrected chi connectivity index (χ0v) is 13.1. The Bertz CT molecular complexity index is 247. The van der Waals surface area contributed by atoms with Gasteiger partial charge in [0.1, 0.15) is 0 Å². The number of aliphatic carboxylic acids is 1. The van der Waals surface area contributed by atoms with Crippen molar-refractivity contribution in [1.82, 2.24) is 0 Å². The second-order valence-corrected chi connectivity index (χ2v) is 3.89. The van der Waals surface area contributed by atoms with E-state index in [-0.39, 0.29) is 13.2 Å². The maximum atomic E-state index is 9.25. The van der Waals surface area contributed by atoms with E-state index in [0.29, 0.717) is 39.6 Å². The number of rotatable bonds is 14. The van der Waals surface area contributed by atoms with Gasteiger partial charge in [-0.05, 0) is 6.42 Å². The molecular weight excluding hydrogens is 296 g/mol.